The second-order valence-electron chi connectivity index (χ2n) is 3.47. The number of alkyl halides is 1. The SMILES string of the molecule is N#C[C@H](C(=O)CCl)c1nnc(-c2ccccc2)s1. The lowest BCUT2D eigenvalue weighted by Crippen LogP contribution is -2.11. The number of carbonyl (C=O) groups excluding carboxylic acids is 1. The van der Waals surface area contributed by atoms with Crippen molar-refractivity contribution in [2.45, 2.75) is 5.92 Å². The molecule has 0 N–H and O–H groups in total. The Hall–Kier alpha value is -1.77. The Kier molecular flexibility index (Phi) is 4.03. The van der Waals surface area contributed by atoms with Gasteiger partial charge < -0.3 is 0 Å². The molecule has 18 heavy (non-hydrogen) atoms. The largest absolute Gasteiger partial charge is 0.296 e. The van der Waals surface area contributed by atoms with Gasteiger partial charge in [-0.15, -0.1) is 21.8 Å². The van der Waals surface area contributed by atoms with Crippen LogP contribution in [0.25, 0.3) is 10.6 Å². The molecule has 0 amide bonds. The number of rotatable bonds is 4. The van der Waals surface area contributed by atoms with Gasteiger partial charge in [-0.3, -0.25) is 4.79 Å². The van der Waals surface area contributed by atoms with Gasteiger partial charge in [0.15, 0.2) is 11.7 Å². The van der Waals surface area contributed by atoms with E-state index >= 15 is 0 Å². The highest BCUT2D eigenvalue weighted by Gasteiger charge is 2.23. The first-order chi connectivity index (χ1) is 8.76. The number of aromatic nitrogens is 2. The highest BCUT2D eigenvalue weighted by molar-refractivity contribution is 7.14. The van der Waals surface area contributed by atoms with E-state index in [1.807, 2.05) is 36.4 Å². The molecule has 4 nitrogen and oxygen atoms in total. The van der Waals surface area contributed by atoms with Gasteiger partial charge in [0.1, 0.15) is 10.0 Å². The number of carbonyl (C=O) groups is 1. The third kappa shape index (κ3) is 2.55. The van der Waals surface area contributed by atoms with Gasteiger partial charge in [0.25, 0.3) is 0 Å². The summed E-state index contributed by atoms with van der Waals surface area (Å²) in [6.07, 6.45) is 0. The fourth-order valence-electron chi connectivity index (χ4n) is 1.39. The van der Waals surface area contributed by atoms with Crippen LogP contribution in [-0.2, 0) is 4.79 Å². The molecule has 0 saturated heterocycles. The van der Waals surface area contributed by atoms with Crippen LogP contribution >= 0.6 is 22.9 Å². The predicted octanol–water partition coefficient (Wildman–Crippen LogP) is 2.62. The quantitative estimate of drug-likeness (QED) is 0.806. The first kappa shape index (κ1) is 12.7. The highest BCUT2D eigenvalue weighted by atomic mass is 35.5. The van der Waals surface area contributed by atoms with E-state index in [1.54, 1.807) is 0 Å². The molecule has 2 aromatic rings. The van der Waals surface area contributed by atoms with Crippen LogP contribution in [0.15, 0.2) is 30.3 Å². The lowest BCUT2D eigenvalue weighted by atomic mass is 10.1. The van der Waals surface area contributed by atoms with E-state index in [0.29, 0.717) is 10.0 Å². The lowest BCUT2D eigenvalue weighted by molar-refractivity contribution is -0.117. The number of halogens is 1. The zero-order chi connectivity index (χ0) is 13.0. The summed E-state index contributed by atoms with van der Waals surface area (Å²) in [5.41, 5.74) is 0.913. The molecule has 0 saturated carbocycles. The lowest BCUT2D eigenvalue weighted by Gasteiger charge is -1.99. The number of benzene rings is 1. The molecule has 0 spiro atoms. The predicted molar refractivity (Wildman–Crippen MR) is 69.4 cm³/mol. The first-order valence-electron chi connectivity index (χ1n) is 5.13. The summed E-state index contributed by atoms with van der Waals surface area (Å²) in [4.78, 5) is 11.5. The van der Waals surface area contributed by atoms with E-state index in [4.69, 9.17) is 16.9 Å². The minimum absolute atomic E-state index is 0.196. The molecule has 0 aliphatic rings. The van der Waals surface area contributed by atoms with Crippen LogP contribution in [0.1, 0.15) is 10.9 Å². The fourth-order valence-corrected chi connectivity index (χ4v) is 2.46. The molecule has 6 heteroatoms. The van der Waals surface area contributed by atoms with Gasteiger partial charge in [-0.1, -0.05) is 41.7 Å². The van der Waals surface area contributed by atoms with Crippen LogP contribution in [0.4, 0.5) is 0 Å². The number of nitriles is 1. The van der Waals surface area contributed by atoms with E-state index in [1.165, 1.54) is 11.3 Å². The topological polar surface area (TPSA) is 66.6 Å². The van der Waals surface area contributed by atoms with Gasteiger partial charge in [-0.2, -0.15) is 5.26 Å². The third-order valence-electron chi connectivity index (χ3n) is 2.29. The van der Waals surface area contributed by atoms with Crippen molar-refractivity contribution in [1.82, 2.24) is 10.2 Å². The van der Waals surface area contributed by atoms with Gasteiger partial charge >= 0.3 is 0 Å². The molecule has 0 bridgehead atoms. The Balaban J connectivity index is 2.31. The van der Waals surface area contributed by atoms with E-state index in [-0.39, 0.29) is 11.7 Å². The molecule has 2 rings (SSSR count). The van der Waals surface area contributed by atoms with Gasteiger partial charge in [0.05, 0.1) is 11.9 Å². The maximum absolute atomic E-state index is 11.5. The van der Waals surface area contributed by atoms with Crippen molar-refractivity contribution < 1.29 is 4.79 Å². The van der Waals surface area contributed by atoms with Crippen molar-refractivity contribution in [2.75, 3.05) is 5.88 Å². The van der Waals surface area contributed by atoms with Crippen LogP contribution in [0, 0.1) is 11.3 Å². The van der Waals surface area contributed by atoms with Gasteiger partial charge in [0, 0.05) is 5.56 Å². The smallest absolute Gasteiger partial charge is 0.171 e. The van der Waals surface area contributed by atoms with Crippen LogP contribution in [0.2, 0.25) is 0 Å². The molecule has 90 valence electrons. The van der Waals surface area contributed by atoms with Crippen molar-refractivity contribution >= 4 is 28.7 Å². The minimum Gasteiger partial charge on any atom is -0.296 e. The van der Waals surface area contributed by atoms with Crippen molar-refractivity contribution in [3.05, 3.63) is 35.3 Å². The summed E-state index contributed by atoms with van der Waals surface area (Å²) in [5, 5.41) is 17.9. The Labute approximate surface area is 113 Å². The third-order valence-corrected chi connectivity index (χ3v) is 3.59. The molecule has 0 fully saturated rings. The molecule has 0 radical (unpaired) electrons. The summed E-state index contributed by atoms with van der Waals surface area (Å²) >= 11 is 6.69. The fraction of sp³-hybridized carbons (Fsp3) is 0.167. The average Bonchev–Trinajstić information content (AvgIpc) is 2.90. The Bertz CT molecular complexity index is 591. The molecule has 1 aromatic carbocycles. The highest BCUT2D eigenvalue weighted by Crippen LogP contribution is 2.27. The maximum atomic E-state index is 11.5. The van der Waals surface area contributed by atoms with Crippen LogP contribution in [0.3, 0.4) is 0 Å². The number of ketones is 1. The molecule has 0 aliphatic carbocycles. The van der Waals surface area contributed by atoms with Crippen LogP contribution in [0.5, 0.6) is 0 Å². The molecular weight excluding hydrogens is 270 g/mol. The van der Waals surface area contributed by atoms with Crippen molar-refractivity contribution in [1.29, 1.82) is 5.26 Å². The zero-order valence-electron chi connectivity index (χ0n) is 9.21. The Morgan fingerprint density at radius 2 is 2.11 bits per heavy atom. The van der Waals surface area contributed by atoms with Crippen molar-refractivity contribution in [3.63, 3.8) is 0 Å². The van der Waals surface area contributed by atoms with E-state index in [9.17, 15) is 4.79 Å². The van der Waals surface area contributed by atoms with Crippen molar-refractivity contribution in [2.24, 2.45) is 0 Å². The Morgan fingerprint density at radius 1 is 1.39 bits per heavy atom. The molecule has 1 heterocycles. The maximum Gasteiger partial charge on any atom is 0.171 e. The Morgan fingerprint density at radius 3 is 2.72 bits per heavy atom. The average molecular weight is 278 g/mol. The summed E-state index contributed by atoms with van der Waals surface area (Å²) in [5.74, 6) is -1.47. The minimum atomic E-state index is -0.919. The molecule has 0 unspecified atom stereocenters. The van der Waals surface area contributed by atoms with Crippen molar-refractivity contribution in [3.8, 4) is 16.6 Å². The summed E-state index contributed by atoms with van der Waals surface area (Å²) in [6, 6.07) is 11.4. The molecule has 1 aromatic heterocycles. The summed E-state index contributed by atoms with van der Waals surface area (Å²) < 4.78 is 0. The first-order valence-corrected chi connectivity index (χ1v) is 6.48. The molecular formula is C12H8ClN3OS. The van der Waals surface area contributed by atoms with Crippen LogP contribution in [-0.4, -0.2) is 21.9 Å². The van der Waals surface area contributed by atoms with Crippen LogP contribution < -0.4 is 0 Å². The van der Waals surface area contributed by atoms with E-state index < -0.39 is 5.92 Å². The van der Waals surface area contributed by atoms with E-state index in [0.717, 1.165) is 5.56 Å². The second kappa shape index (κ2) is 5.71. The number of Topliss-reactive ketones (excluding diaryl/α,β-unsaturated/α-hetero) is 1. The van der Waals surface area contributed by atoms with Gasteiger partial charge in [0.2, 0.25) is 0 Å². The normalized spacial score (nSPS) is 11.8. The monoisotopic (exact) mass is 277 g/mol. The second-order valence-corrected chi connectivity index (χ2v) is 4.75. The summed E-state index contributed by atoms with van der Waals surface area (Å²) in [6.45, 7) is 0. The summed E-state index contributed by atoms with van der Waals surface area (Å²) in [7, 11) is 0. The van der Waals surface area contributed by atoms with Gasteiger partial charge in [-0.05, 0) is 0 Å². The number of hydrogen-bond donors (Lipinski definition) is 0. The number of hydrogen-bond acceptors (Lipinski definition) is 5. The zero-order valence-corrected chi connectivity index (χ0v) is 10.8. The standard InChI is InChI=1S/C12H8ClN3OS/c13-6-10(17)9(7-14)12-16-15-11(18-12)8-4-2-1-3-5-8/h1-5,9H,6H2/t9-/m1/s1. The van der Waals surface area contributed by atoms with Gasteiger partial charge in [-0.25, -0.2) is 0 Å². The number of nitrogens with zero attached hydrogens (tertiary/aromatic N) is 3. The molecule has 1 atom stereocenters. The van der Waals surface area contributed by atoms with E-state index in [2.05, 4.69) is 10.2 Å². The molecule has 0 aliphatic heterocycles.